The van der Waals surface area contributed by atoms with Gasteiger partial charge in [0, 0.05) is 16.0 Å². The van der Waals surface area contributed by atoms with Crippen LogP contribution < -0.4 is 4.74 Å². The molecule has 0 N–H and O–H groups in total. The van der Waals surface area contributed by atoms with Crippen LogP contribution in [0, 0.1) is 0 Å². The molecule has 2 aromatic carbocycles. The third kappa shape index (κ3) is 4.20. The Morgan fingerprint density at radius 1 is 0.952 bits per heavy atom. The van der Waals surface area contributed by atoms with Crippen LogP contribution in [0.25, 0.3) is 0 Å². The fourth-order valence-corrected chi connectivity index (χ4v) is 2.20. The fourth-order valence-electron chi connectivity index (χ4n) is 1.79. The second-order valence-corrected chi connectivity index (χ2v) is 5.40. The zero-order valence-corrected chi connectivity index (χ0v) is 12.8. The molecule has 0 bridgehead atoms. The highest BCUT2D eigenvalue weighted by molar-refractivity contribution is 7.98. The van der Waals surface area contributed by atoms with Gasteiger partial charge in [0.05, 0.1) is 0 Å². The zero-order chi connectivity index (χ0) is 15.2. The second-order valence-electron chi connectivity index (χ2n) is 4.52. The molecule has 4 heteroatoms. The van der Waals surface area contributed by atoms with Crippen LogP contribution >= 0.6 is 11.8 Å². The van der Waals surface area contributed by atoms with Crippen molar-refractivity contribution < 1.29 is 14.3 Å². The minimum Gasteiger partial charge on any atom is -0.485 e. The van der Waals surface area contributed by atoms with E-state index < -0.39 is 0 Å². The molecule has 0 amide bonds. The Hall–Kier alpha value is -2.07. The first kappa shape index (κ1) is 15.3. The van der Waals surface area contributed by atoms with Gasteiger partial charge >= 0.3 is 0 Å². The van der Waals surface area contributed by atoms with Gasteiger partial charge in [-0.15, -0.1) is 11.8 Å². The molecule has 0 spiro atoms. The van der Waals surface area contributed by atoms with Crippen molar-refractivity contribution in [3.05, 3.63) is 59.7 Å². The monoisotopic (exact) mass is 300 g/mol. The average molecular weight is 300 g/mol. The summed E-state index contributed by atoms with van der Waals surface area (Å²) in [6, 6.07) is 14.2. The molecule has 0 saturated carbocycles. The van der Waals surface area contributed by atoms with E-state index in [1.54, 1.807) is 48.2 Å². The molecule has 108 valence electrons. The second kappa shape index (κ2) is 7.09. The normalized spacial score (nSPS) is 10.2. The Morgan fingerprint density at radius 3 is 2.05 bits per heavy atom. The minimum atomic E-state index is -0.0710. The van der Waals surface area contributed by atoms with Crippen molar-refractivity contribution in [2.75, 3.05) is 12.9 Å². The summed E-state index contributed by atoms with van der Waals surface area (Å²) >= 11 is 1.63. The van der Waals surface area contributed by atoms with Gasteiger partial charge in [0.15, 0.2) is 18.2 Å². The predicted molar refractivity (Wildman–Crippen MR) is 84.5 cm³/mol. The standard InChI is InChI=1S/C17H16O3S/c1-12(18)13-3-7-15(8-4-13)20-11-17(19)14-5-9-16(21-2)10-6-14/h3-10H,11H2,1-2H3. The van der Waals surface area contributed by atoms with Gasteiger partial charge in [0.2, 0.25) is 0 Å². The average Bonchev–Trinajstić information content (AvgIpc) is 2.53. The zero-order valence-electron chi connectivity index (χ0n) is 12.0. The molecule has 0 fully saturated rings. The van der Waals surface area contributed by atoms with Gasteiger partial charge in [-0.1, -0.05) is 12.1 Å². The topological polar surface area (TPSA) is 43.4 Å². The fraction of sp³-hybridized carbons (Fsp3) is 0.176. The van der Waals surface area contributed by atoms with E-state index in [1.165, 1.54) is 6.92 Å². The molecule has 3 nitrogen and oxygen atoms in total. The van der Waals surface area contributed by atoms with Crippen molar-refractivity contribution in [3.63, 3.8) is 0 Å². The van der Waals surface area contributed by atoms with E-state index in [4.69, 9.17) is 4.74 Å². The molecule has 0 radical (unpaired) electrons. The van der Waals surface area contributed by atoms with Gasteiger partial charge in [-0.25, -0.2) is 0 Å². The Bertz CT molecular complexity index is 630. The molecule has 0 aromatic heterocycles. The van der Waals surface area contributed by atoms with Crippen molar-refractivity contribution in [1.82, 2.24) is 0 Å². The Morgan fingerprint density at radius 2 is 1.52 bits per heavy atom. The summed E-state index contributed by atoms with van der Waals surface area (Å²) in [5.74, 6) is 0.513. The highest BCUT2D eigenvalue weighted by Gasteiger charge is 2.07. The summed E-state index contributed by atoms with van der Waals surface area (Å²) in [6.45, 7) is 1.50. The van der Waals surface area contributed by atoms with Crippen LogP contribution in [-0.2, 0) is 0 Å². The summed E-state index contributed by atoms with van der Waals surface area (Å²) < 4.78 is 5.45. The number of Topliss-reactive ketones (excluding diaryl/α,β-unsaturated/α-hetero) is 2. The van der Waals surface area contributed by atoms with E-state index in [9.17, 15) is 9.59 Å². The molecule has 0 atom stereocenters. The lowest BCUT2D eigenvalue weighted by molar-refractivity contribution is 0.0920. The number of thioether (sulfide) groups is 1. The maximum atomic E-state index is 12.0. The van der Waals surface area contributed by atoms with E-state index in [-0.39, 0.29) is 18.2 Å². The summed E-state index contributed by atoms with van der Waals surface area (Å²) in [5.41, 5.74) is 1.26. The molecular formula is C17H16O3S. The third-order valence-corrected chi connectivity index (χ3v) is 3.79. The molecule has 2 rings (SSSR count). The summed E-state index contributed by atoms with van der Waals surface area (Å²) in [5, 5.41) is 0. The first-order chi connectivity index (χ1) is 10.1. The molecule has 0 saturated heterocycles. The van der Waals surface area contributed by atoms with E-state index in [2.05, 4.69) is 0 Å². The van der Waals surface area contributed by atoms with Gasteiger partial charge in [0.1, 0.15) is 5.75 Å². The van der Waals surface area contributed by atoms with Gasteiger partial charge < -0.3 is 4.74 Å². The lowest BCUT2D eigenvalue weighted by atomic mass is 10.1. The quantitative estimate of drug-likeness (QED) is 0.600. The molecule has 0 aliphatic carbocycles. The van der Waals surface area contributed by atoms with Gasteiger partial charge in [-0.3, -0.25) is 9.59 Å². The number of rotatable bonds is 6. The number of benzene rings is 2. The van der Waals surface area contributed by atoms with Gasteiger partial charge in [0.25, 0.3) is 0 Å². The van der Waals surface area contributed by atoms with E-state index in [0.717, 1.165) is 4.90 Å². The van der Waals surface area contributed by atoms with Crippen molar-refractivity contribution in [1.29, 1.82) is 0 Å². The van der Waals surface area contributed by atoms with E-state index in [0.29, 0.717) is 16.9 Å². The molecule has 2 aromatic rings. The largest absolute Gasteiger partial charge is 0.485 e. The van der Waals surface area contributed by atoms with Crippen LogP contribution in [-0.4, -0.2) is 24.4 Å². The molecule has 0 unspecified atom stereocenters. The van der Waals surface area contributed by atoms with Crippen LogP contribution in [0.3, 0.4) is 0 Å². The maximum Gasteiger partial charge on any atom is 0.200 e. The minimum absolute atomic E-state index is 0.00603. The number of hydrogen-bond donors (Lipinski definition) is 0. The lowest BCUT2D eigenvalue weighted by Crippen LogP contribution is -2.11. The van der Waals surface area contributed by atoms with E-state index >= 15 is 0 Å². The van der Waals surface area contributed by atoms with Crippen molar-refractivity contribution >= 4 is 23.3 Å². The first-order valence-corrected chi connectivity index (χ1v) is 7.73. The molecule has 21 heavy (non-hydrogen) atoms. The summed E-state index contributed by atoms with van der Waals surface area (Å²) in [4.78, 5) is 24.3. The van der Waals surface area contributed by atoms with E-state index in [1.807, 2.05) is 18.4 Å². The maximum absolute atomic E-state index is 12.0. The van der Waals surface area contributed by atoms with Crippen molar-refractivity contribution in [2.24, 2.45) is 0 Å². The number of carbonyl (C=O) groups excluding carboxylic acids is 2. The molecule has 0 aliphatic rings. The van der Waals surface area contributed by atoms with Crippen molar-refractivity contribution in [2.45, 2.75) is 11.8 Å². The number of hydrogen-bond acceptors (Lipinski definition) is 4. The summed E-state index contributed by atoms with van der Waals surface area (Å²) in [6.07, 6.45) is 1.99. The van der Waals surface area contributed by atoms with Crippen LogP contribution in [0.5, 0.6) is 5.75 Å². The highest BCUT2D eigenvalue weighted by Crippen LogP contribution is 2.16. The van der Waals surface area contributed by atoms with Gasteiger partial charge in [-0.2, -0.15) is 0 Å². The van der Waals surface area contributed by atoms with Crippen LogP contribution in [0.4, 0.5) is 0 Å². The summed E-state index contributed by atoms with van der Waals surface area (Å²) in [7, 11) is 0. The number of ether oxygens (including phenoxy) is 1. The Labute approximate surface area is 128 Å². The van der Waals surface area contributed by atoms with Crippen LogP contribution in [0.15, 0.2) is 53.4 Å². The molecule has 0 aliphatic heterocycles. The number of ketones is 2. The van der Waals surface area contributed by atoms with Crippen LogP contribution in [0.1, 0.15) is 27.6 Å². The Balaban J connectivity index is 1.95. The lowest BCUT2D eigenvalue weighted by Gasteiger charge is -2.06. The predicted octanol–water partition coefficient (Wildman–Crippen LogP) is 3.87. The SMILES string of the molecule is CSc1ccc(C(=O)COc2ccc(C(C)=O)cc2)cc1. The third-order valence-electron chi connectivity index (χ3n) is 3.04. The van der Waals surface area contributed by atoms with Crippen molar-refractivity contribution in [3.8, 4) is 5.75 Å². The van der Waals surface area contributed by atoms with Crippen LogP contribution in [0.2, 0.25) is 0 Å². The first-order valence-electron chi connectivity index (χ1n) is 6.51. The van der Waals surface area contributed by atoms with Gasteiger partial charge in [-0.05, 0) is 49.6 Å². The highest BCUT2D eigenvalue weighted by atomic mass is 32.2. The Kier molecular flexibility index (Phi) is 5.17. The number of carbonyl (C=O) groups is 2. The molecular weight excluding hydrogens is 284 g/mol. The smallest absolute Gasteiger partial charge is 0.200 e. The molecule has 0 heterocycles.